The first-order valence-electron chi connectivity index (χ1n) is 8.37. The molecular formula is C19H24N2O3. The fourth-order valence-corrected chi connectivity index (χ4v) is 3.14. The maximum Gasteiger partial charge on any atom is 0.260 e. The number of nitrogens with zero attached hydrogens (tertiary/aromatic N) is 2. The number of rotatable bonds is 3. The molecule has 0 radical (unpaired) electrons. The fraction of sp³-hybridized carbons (Fsp3) is 0.474. The first kappa shape index (κ1) is 16.7. The Morgan fingerprint density at radius 3 is 2.71 bits per heavy atom. The molecule has 1 aromatic carbocycles. The van der Waals surface area contributed by atoms with Gasteiger partial charge in [-0.15, -0.1) is 0 Å². The van der Waals surface area contributed by atoms with Gasteiger partial charge in [0.15, 0.2) is 0 Å². The zero-order valence-corrected chi connectivity index (χ0v) is 14.7. The molecule has 1 aromatic heterocycles. The molecule has 0 saturated carbocycles. The predicted molar refractivity (Wildman–Crippen MR) is 90.9 cm³/mol. The van der Waals surface area contributed by atoms with Gasteiger partial charge in [0.2, 0.25) is 0 Å². The summed E-state index contributed by atoms with van der Waals surface area (Å²) >= 11 is 0. The van der Waals surface area contributed by atoms with E-state index in [1.165, 1.54) is 0 Å². The molecule has 5 heteroatoms. The van der Waals surface area contributed by atoms with E-state index in [0.29, 0.717) is 30.9 Å². The molecule has 2 heterocycles. The molecule has 1 fully saturated rings. The normalized spacial score (nSPS) is 20.2. The molecule has 1 atom stereocenters. The molecule has 0 unspecified atom stereocenters. The monoisotopic (exact) mass is 328 g/mol. The number of hydrogen-bond donors (Lipinski definition) is 0. The average molecular weight is 328 g/mol. The summed E-state index contributed by atoms with van der Waals surface area (Å²) in [6.45, 7) is 8.84. The van der Waals surface area contributed by atoms with Gasteiger partial charge in [-0.3, -0.25) is 4.79 Å². The molecule has 128 valence electrons. The highest BCUT2D eigenvalue weighted by Crippen LogP contribution is 2.32. The highest BCUT2D eigenvalue weighted by Gasteiger charge is 2.40. The van der Waals surface area contributed by atoms with E-state index in [1.807, 2.05) is 56.0 Å². The molecule has 0 aliphatic carbocycles. The summed E-state index contributed by atoms with van der Waals surface area (Å²) in [5.74, 6) is 0.551. The summed E-state index contributed by atoms with van der Waals surface area (Å²) in [6, 6.07) is 10.0. The van der Waals surface area contributed by atoms with Crippen molar-refractivity contribution in [3.05, 3.63) is 52.9 Å². The molecule has 0 N–H and O–H groups in total. The van der Waals surface area contributed by atoms with Crippen LogP contribution in [0, 0.1) is 6.92 Å². The van der Waals surface area contributed by atoms with E-state index in [4.69, 9.17) is 9.26 Å². The van der Waals surface area contributed by atoms with Gasteiger partial charge >= 0.3 is 0 Å². The highest BCUT2D eigenvalue weighted by atomic mass is 16.5. The van der Waals surface area contributed by atoms with Crippen molar-refractivity contribution in [3.63, 3.8) is 0 Å². The van der Waals surface area contributed by atoms with Crippen molar-refractivity contribution in [3.8, 4) is 0 Å². The molecule has 0 bridgehead atoms. The average Bonchev–Trinajstić information content (AvgIpc) is 2.95. The maximum atomic E-state index is 13.2. The van der Waals surface area contributed by atoms with Crippen LogP contribution in [0.5, 0.6) is 0 Å². The van der Waals surface area contributed by atoms with Gasteiger partial charge in [0, 0.05) is 0 Å². The first-order chi connectivity index (χ1) is 11.4. The summed E-state index contributed by atoms with van der Waals surface area (Å²) in [5, 5.41) is 4.02. The Morgan fingerprint density at radius 2 is 2.04 bits per heavy atom. The lowest BCUT2D eigenvalue weighted by Crippen LogP contribution is -2.56. The predicted octanol–water partition coefficient (Wildman–Crippen LogP) is 3.54. The molecule has 1 saturated heterocycles. The lowest BCUT2D eigenvalue weighted by molar-refractivity contribution is -0.0847. The van der Waals surface area contributed by atoms with Crippen LogP contribution in [-0.4, -0.2) is 34.7 Å². The molecule has 1 aliphatic heterocycles. The van der Waals surface area contributed by atoms with Crippen LogP contribution >= 0.6 is 0 Å². The van der Waals surface area contributed by atoms with Gasteiger partial charge < -0.3 is 14.2 Å². The minimum absolute atomic E-state index is 0.0279. The molecule has 3 rings (SSSR count). The van der Waals surface area contributed by atoms with E-state index < -0.39 is 0 Å². The molecule has 1 aliphatic rings. The minimum Gasteiger partial charge on any atom is -0.369 e. The van der Waals surface area contributed by atoms with Crippen molar-refractivity contribution in [1.82, 2.24) is 10.1 Å². The van der Waals surface area contributed by atoms with Crippen molar-refractivity contribution in [2.24, 2.45) is 0 Å². The van der Waals surface area contributed by atoms with Crippen molar-refractivity contribution in [2.75, 3.05) is 13.2 Å². The quantitative estimate of drug-likeness (QED) is 0.865. The smallest absolute Gasteiger partial charge is 0.260 e. The number of carbonyl (C=O) groups is 1. The van der Waals surface area contributed by atoms with Crippen LogP contribution in [0.4, 0.5) is 0 Å². The number of hydrogen-bond acceptors (Lipinski definition) is 4. The number of carbonyl (C=O) groups excluding carboxylic acids is 1. The van der Waals surface area contributed by atoms with Crippen LogP contribution in [0.25, 0.3) is 0 Å². The van der Waals surface area contributed by atoms with E-state index in [-0.39, 0.29) is 17.6 Å². The van der Waals surface area contributed by atoms with Gasteiger partial charge in [-0.1, -0.05) is 42.4 Å². The zero-order valence-electron chi connectivity index (χ0n) is 14.7. The van der Waals surface area contributed by atoms with Crippen LogP contribution in [0.1, 0.15) is 54.3 Å². The topological polar surface area (TPSA) is 55.6 Å². The third-order valence-corrected chi connectivity index (χ3v) is 4.62. The Labute approximate surface area is 142 Å². The van der Waals surface area contributed by atoms with Crippen molar-refractivity contribution >= 4 is 5.91 Å². The van der Waals surface area contributed by atoms with E-state index in [2.05, 4.69) is 5.16 Å². The summed E-state index contributed by atoms with van der Waals surface area (Å²) in [4.78, 5) is 15.1. The lowest BCUT2D eigenvalue weighted by Gasteiger charge is -2.45. The number of aryl methyl sites for hydroxylation is 2. The Hall–Kier alpha value is -2.14. The number of ether oxygens (including phenoxy) is 1. The standard InChI is InChI=1S/C19H24N2O3/c1-5-15-17(13(2)24-20-15)18(22)21-11-16(23-12-19(21,3)4)14-9-7-6-8-10-14/h6-10,16H,5,11-12H2,1-4H3/t16-/m1/s1. The molecular weight excluding hydrogens is 304 g/mol. The van der Waals surface area contributed by atoms with Crippen LogP contribution < -0.4 is 0 Å². The SMILES string of the molecule is CCc1noc(C)c1C(=O)N1C[C@H](c2ccccc2)OCC1(C)C. The Morgan fingerprint density at radius 1 is 1.33 bits per heavy atom. The van der Waals surface area contributed by atoms with Crippen molar-refractivity contribution in [2.45, 2.75) is 45.8 Å². The third-order valence-electron chi connectivity index (χ3n) is 4.62. The van der Waals surface area contributed by atoms with Gasteiger partial charge in [-0.2, -0.15) is 0 Å². The number of amides is 1. The summed E-state index contributed by atoms with van der Waals surface area (Å²) in [5.41, 5.74) is 2.02. The molecule has 2 aromatic rings. The van der Waals surface area contributed by atoms with Gasteiger partial charge in [-0.25, -0.2) is 0 Å². The largest absolute Gasteiger partial charge is 0.369 e. The van der Waals surface area contributed by atoms with Gasteiger partial charge in [0.1, 0.15) is 17.4 Å². The Kier molecular flexibility index (Phi) is 4.45. The maximum absolute atomic E-state index is 13.2. The Bertz CT molecular complexity index is 721. The molecule has 5 nitrogen and oxygen atoms in total. The van der Waals surface area contributed by atoms with E-state index in [0.717, 1.165) is 11.3 Å². The van der Waals surface area contributed by atoms with Crippen LogP contribution in [-0.2, 0) is 11.2 Å². The van der Waals surface area contributed by atoms with Crippen LogP contribution in [0.3, 0.4) is 0 Å². The molecule has 1 amide bonds. The van der Waals surface area contributed by atoms with E-state index >= 15 is 0 Å². The lowest BCUT2D eigenvalue weighted by atomic mass is 9.96. The van der Waals surface area contributed by atoms with Gasteiger partial charge in [-0.05, 0) is 32.8 Å². The second-order valence-corrected chi connectivity index (χ2v) is 6.85. The zero-order chi connectivity index (χ0) is 17.3. The highest BCUT2D eigenvalue weighted by molar-refractivity contribution is 5.96. The number of morpholine rings is 1. The van der Waals surface area contributed by atoms with Gasteiger partial charge in [0.25, 0.3) is 5.91 Å². The molecule has 0 spiro atoms. The first-order valence-corrected chi connectivity index (χ1v) is 8.37. The minimum atomic E-state index is -0.378. The van der Waals surface area contributed by atoms with E-state index in [9.17, 15) is 4.79 Å². The number of aromatic nitrogens is 1. The van der Waals surface area contributed by atoms with Crippen LogP contribution in [0.15, 0.2) is 34.9 Å². The summed E-state index contributed by atoms with van der Waals surface area (Å²) in [7, 11) is 0. The van der Waals surface area contributed by atoms with Crippen LogP contribution in [0.2, 0.25) is 0 Å². The summed E-state index contributed by atoms with van der Waals surface area (Å²) < 4.78 is 11.3. The van der Waals surface area contributed by atoms with Crippen molar-refractivity contribution in [1.29, 1.82) is 0 Å². The fourth-order valence-electron chi connectivity index (χ4n) is 3.14. The second kappa shape index (κ2) is 6.40. The number of benzene rings is 1. The second-order valence-electron chi connectivity index (χ2n) is 6.85. The Balaban J connectivity index is 1.91. The van der Waals surface area contributed by atoms with Crippen molar-refractivity contribution < 1.29 is 14.1 Å². The van der Waals surface area contributed by atoms with E-state index in [1.54, 1.807) is 6.92 Å². The van der Waals surface area contributed by atoms with Gasteiger partial charge in [0.05, 0.1) is 24.4 Å². The molecule has 24 heavy (non-hydrogen) atoms. The third kappa shape index (κ3) is 2.96. The summed E-state index contributed by atoms with van der Waals surface area (Å²) in [6.07, 6.45) is 0.555.